The zero-order chi connectivity index (χ0) is 13.7. The van der Waals surface area contributed by atoms with Crippen LogP contribution in [-0.4, -0.2) is 13.2 Å². The van der Waals surface area contributed by atoms with Gasteiger partial charge in [0.15, 0.2) is 0 Å². The first-order valence-corrected chi connectivity index (χ1v) is 7.91. The van der Waals surface area contributed by atoms with Crippen LogP contribution in [0, 0.1) is 11.8 Å². The van der Waals surface area contributed by atoms with Gasteiger partial charge in [-0.2, -0.15) is 0 Å². The van der Waals surface area contributed by atoms with E-state index in [0.717, 1.165) is 19.6 Å². The highest BCUT2D eigenvalue weighted by Crippen LogP contribution is 2.39. The number of aryl methyl sites for hydroxylation is 1. The number of hydrogen-bond donors (Lipinski definition) is 0. The molecule has 2 heteroatoms. The number of hydrogen-bond acceptors (Lipinski definition) is 1. The van der Waals surface area contributed by atoms with E-state index in [2.05, 4.69) is 38.1 Å². The van der Waals surface area contributed by atoms with Crippen molar-refractivity contribution in [3.05, 3.63) is 35.4 Å². The molecule has 0 N–H and O–H groups in total. The van der Waals surface area contributed by atoms with Crippen molar-refractivity contribution in [1.29, 1.82) is 0 Å². The number of fused-ring (bicyclic) bond motifs is 1. The van der Waals surface area contributed by atoms with Crippen LogP contribution in [0.3, 0.4) is 0 Å². The van der Waals surface area contributed by atoms with Crippen LogP contribution in [0.4, 0.5) is 0 Å². The summed E-state index contributed by atoms with van der Waals surface area (Å²) in [4.78, 5) is 0. The fourth-order valence-corrected chi connectivity index (χ4v) is 3.30. The van der Waals surface area contributed by atoms with Gasteiger partial charge < -0.3 is 4.74 Å². The predicted molar refractivity (Wildman–Crippen MR) is 81.7 cm³/mol. The molecule has 19 heavy (non-hydrogen) atoms. The summed E-state index contributed by atoms with van der Waals surface area (Å²) in [5.41, 5.74) is 2.78. The van der Waals surface area contributed by atoms with Crippen LogP contribution >= 0.6 is 11.6 Å². The lowest BCUT2D eigenvalue weighted by molar-refractivity contribution is 0.0963. The van der Waals surface area contributed by atoms with Crippen molar-refractivity contribution in [2.75, 3.05) is 13.2 Å². The van der Waals surface area contributed by atoms with Crippen LogP contribution in [-0.2, 0) is 11.2 Å². The standard InChI is InChI=1S/C17H25ClO/c1-13(2)12-19-11-10-15-8-5-7-14-6-3-4-9-16(14)17(15)18/h3-4,6,9,13,15,17H,5,7-8,10-12H2,1-2H3. The molecule has 2 unspecified atom stereocenters. The third-order valence-electron chi connectivity index (χ3n) is 3.87. The van der Waals surface area contributed by atoms with Crippen LogP contribution in [0.1, 0.15) is 49.6 Å². The molecule has 0 amide bonds. The van der Waals surface area contributed by atoms with E-state index in [9.17, 15) is 0 Å². The zero-order valence-corrected chi connectivity index (χ0v) is 12.8. The largest absolute Gasteiger partial charge is 0.381 e. The van der Waals surface area contributed by atoms with Gasteiger partial charge in [-0.1, -0.05) is 38.1 Å². The minimum Gasteiger partial charge on any atom is -0.381 e. The van der Waals surface area contributed by atoms with Gasteiger partial charge in [-0.05, 0) is 48.6 Å². The summed E-state index contributed by atoms with van der Waals surface area (Å²) in [7, 11) is 0. The molecular weight excluding hydrogens is 256 g/mol. The second-order valence-electron chi connectivity index (χ2n) is 6.01. The van der Waals surface area contributed by atoms with Crippen LogP contribution in [0.5, 0.6) is 0 Å². The summed E-state index contributed by atoms with van der Waals surface area (Å²) in [5.74, 6) is 1.17. The minimum atomic E-state index is 0.154. The minimum absolute atomic E-state index is 0.154. The maximum absolute atomic E-state index is 6.70. The Labute approximate surface area is 122 Å². The van der Waals surface area contributed by atoms with Crippen LogP contribution in [0.25, 0.3) is 0 Å². The van der Waals surface area contributed by atoms with Crippen molar-refractivity contribution >= 4 is 11.6 Å². The lowest BCUT2D eigenvalue weighted by atomic mass is 9.93. The molecule has 2 rings (SSSR count). The van der Waals surface area contributed by atoms with Gasteiger partial charge in [0, 0.05) is 13.2 Å². The smallest absolute Gasteiger partial charge is 0.0616 e. The molecule has 2 atom stereocenters. The molecule has 1 aliphatic carbocycles. The molecule has 0 saturated carbocycles. The third-order valence-corrected chi connectivity index (χ3v) is 4.46. The lowest BCUT2D eigenvalue weighted by Gasteiger charge is -2.21. The second-order valence-corrected chi connectivity index (χ2v) is 6.48. The summed E-state index contributed by atoms with van der Waals surface area (Å²) in [6, 6.07) is 8.64. The first kappa shape index (κ1) is 14.9. The molecule has 0 bridgehead atoms. The number of alkyl halides is 1. The van der Waals surface area contributed by atoms with Gasteiger partial charge in [0.2, 0.25) is 0 Å². The maximum Gasteiger partial charge on any atom is 0.0616 e. The molecular formula is C17H25ClO. The van der Waals surface area contributed by atoms with Crippen LogP contribution in [0.15, 0.2) is 24.3 Å². The Morgan fingerprint density at radius 2 is 2.11 bits per heavy atom. The highest BCUT2D eigenvalue weighted by atomic mass is 35.5. The average molecular weight is 281 g/mol. The summed E-state index contributed by atoms with van der Waals surface area (Å²) in [5, 5.41) is 0.154. The molecule has 0 fully saturated rings. The Bertz CT molecular complexity index is 389. The number of benzene rings is 1. The molecule has 0 spiro atoms. The zero-order valence-electron chi connectivity index (χ0n) is 12.1. The van der Waals surface area contributed by atoms with E-state index in [0.29, 0.717) is 11.8 Å². The lowest BCUT2D eigenvalue weighted by Crippen LogP contribution is -2.12. The highest BCUT2D eigenvalue weighted by Gasteiger charge is 2.25. The summed E-state index contributed by atoms with van der Waals surface area (Å²) >= 11 is 6.70. The predicted octanol–water partition coefficient (Wildman–Crippen LogP) is 4.98. The van der Waals surface area contributed by atoms with Crippen molar-refractivity contribution in [2.24, 2.45) is 11.8 Å². The van der Waals surface area contributed by atoms with Gasteiger partial charge in [-0.25, -0.2) is 0 Å². The molecule has 0 saturated heterocycles. The van der Waals surface area contributed by atoms with E-state index in [1.165, 1.54) is 30.4 Å². The monoisotopic (exact) mass is 280 g/mol. The third kappa shape index (κ3) is 4.22. The molecule has 0 radical (unpaired) electrons. The van der Waals surface area contributed by atoms with E-state index in [4.69, 9.17) is 16.3 Å². The first-order valence-electron chi connectivity index (χ1n) is 7.48. The number of ether oxygens (including phenoxy) is 1. The number of rotatable bonds is 5. The molecule has 0 aromatic heterocycles. The van der Waals surface area contributed by atoms with Crippen molar-refractivity contribution < 1.29 is 4.74 Å². The van der Waals surface area contributed by atoms with Gasteiger partial charge in [0.05, 0.1) is 5.38 Å². The van der Waals surface area contributed by atoms with E-state index < -0.39 is 0 Å². The Balaban J connectivity index is 1.92. The summed E-state index contributed by atoms with van der Waals surface area (Å²) < 4.78 is 5.72. The molecule has 106 valence electrons. The summed E-state index contributed by atoms with van der Waals surface area (Å²) in [6.07, 6.45) is 4.71. The fraction of sp³-hybridized carbons (Fsp3) is 0.647. The first-order chi connectivity index (χ1) is 9.18. The van der Waals surface area contributed by atoms with Gasteiger partial charge >= 0.3 is 0 Å². The van der Waals surface area contributed by atoms with E-state index in [1.807, 2.05) is 0 Å². The van der Waals surface area contributed by atoms with Crippen molar-refractivity contribution in [1.82, 2.24) is 0 Å². The van der Waals surface area contributed by atoms with E-state index in [1.54, 1.807) is 0 Å². The van der Waals surface area contributed by atoms with Crippen LogP contribution in [0.2, 0.25) is 0 Å². The topological polar surface area (TPSA) is 9.23 Å². The quantitative estimate of drug-likeness (QED) is 0.420. The Kier molecular flexibility index (Phi) is 5.72. The van der Waals surface area contributed by atoms with Gasteiger partial charge in [-0.15, -0.1) is 11.6 Å². The average Bonchev–Trinajstić information content (AvgIpc) is 2.55. The Hall–Kier alpha value is -0.530. The van der Waals surface area contributed by atoms with E-state index >= 15 is 0 Å². The molecule has 0 aliphatic heterocycles. The van der Waals surface area contributed by atoms with Gasteiger partial charge in [0.25, 0.3) is 0 Å². The SMILES string of the molecule is CC(C)COCCC1CCCc2ccccc2C1Cl. The normalized spacial score (nSPS) is 23.2. The molecule has 1 aliphatic rings. The maximum atomic E-state index is 6.70. The van der Waals surface area contributed by atoms with Crippen molar-refractivity contribution in [2.45, 2.75) is 44.9 Å². The van der Waals surface area contributed by atoms with Crippen molar-refractivity contribution in [3.63, 3.8) is 0 Å². The Morgan fingerprint density at radius 3 is 2.89 bits per heavy atom. The molecule has 0 heterocycles. The fourth-order valence-electron chi connectivity index (χ4n) is 2.83. The van der Waals surface area contributed by atoms with Crippen LogP contribution < -0.4 is 0 Å². The van der Waals surface area contributed by atoms with Crippen molar-refractivity contribution in [3.8, 4) is 0 Å². The molecule has 1 aromatic rings. The number of halogens is 1. The van der Waals surface area contributed by atoms with Gasteiger partial charge in [-0.3, -0.25) is 0 Å². The van der Waals surface area contributed by atoms with Gasteiger partial charge in [0.1, 0.15) is 0 Å². The summed E-state index contributed by atoms with van der Waals surface area (Å²) in [6.45, 7) is 6.07. The highest BCUT2D eigenvalue weighted by molar-refractivity contribution is 6.21. The van der Waals surface area contributed by atoms with E-state index in [-0.39, 0.29) is 5.38 Å². The molecule has 1 aromatic carbocycles. The Morgan fingerprint density at radius 1 is 1.32 bits per heavy atom. The second kappa shape index (κ2) is 7.31. The molecule has 1 nitrogen and oxygen atoms in total.